The molecule has 4 nitrogen and oxygen atoms in total. The first-order chi connectivity index (χ1) is 11.0. The number of halogens is 2. The number of rotatable bonds is 5. The largest absolute Gasteiger partial charge is 0.343 e. The number of carbonyl (C=O) groups excluding carboxylic acids is 2. The molecule has 23 heavy (non-hydrogen) atoms. The molecule has 0 spiro atoms. The van der Waals surface area contributed by atoms with E-state index in [-0.39, 0.29) is 30.4 Å². The summed E-state index contributed by atoms with van der Waals surface area (Å²) in [5.74, 6) is -1.97. The predicted molar refractivity (Wildman–Crippen MR) is 81.6 cm³/mol. The molecule has 0 heterocycles. The zero-order chi connectivity index (χ0) is 16.8. The summed E-state index contributed by atoms with van der Waals surface area (Å²) in [5.41, 5.74) is 0.657. The van der Waals surface area contributed by atoms with Crippen LogP contribution in [0.3, 0.4) is 0 Å². The molecule has 2 aromatic carbocycles. The van der Waals surface area contributed by atoms with Crippen LogP contribution < -0.4 is 5.32 Å². The summed E-state index contributed by atoms with van der Waals surface area (Å²) >= 11 is 0. The van der Waals surface area contributed by atoms with Gasteiger partial charge < -0.3 is 10.2 Å². The Labute approximate surface area is 132 Å². The van der Waals surface area contributed by atoms with Gasteiger partial charge in [-0.3, -0.25) is 9.59 Å². The van der Waals surface area contributed by atoms with Crippen LogP contribution in [0.4, 0.5) is 8.78 Å². The van der Waals surface area contributed by atoms with Crippen molar-refractivity contribution in [3.63, 3.8) is 0 Å². The van der Waals surface area contributed by atoms with E-state index in [1.165, 1.54) is 35.2 Å². The van der Waals surface area contributed by atoms with E-state index in [9.17, 15) is 18.4 Å². The van der Waals surface area contributed by atoms with Crippen LogP contribution in [0.2, 0.25) is 0 Å². The van der Waals surface area contributed by atoms with Crippen molar-refractivity contribution >= 4 is 11.8 Å². The molecule has 2 aromatic rings. The topological polar surface area (TPSA) is 49.4 Å². The molecule has 0 unspecified atom stereocenters. The van der Waals surface area contributed by atoms with E-state index in [2.05, 4.69) is 5.32 Å². The third-order valence-electron chi connectivity index (χ3n) is 3.28. The van der Waals surface area contributed by atoms with Gasteiger partial charge in [0.1, 0.15) is 11.6 Å². The zero-order valence-corrected chi connectivity index (χ0v) is 12.6. The molecule has 0 aliphatic carbocycles. The van der Waals surface area contributed by atoms with Gasteiger partial charge in [-0.05, 0) is 29.8 Å². The zero-order valence-electron chi connectivity index (χ0n) is 12.6. The molecule has 0 bridgehead atoms. The van der Waals surface area contributed by atoms with Crippen LogP contribution in [0.5, 0.6) is 0 Å². The fourth-order valence-electron chi connectivity index (χ4n) is 1.98. The monoisotopic (exact) mass is 318 g/mol. The normalized spacial score (nSPS) is 10.2. The third-order valence-corrected chi connectivity index (χ3v) is 3.28. The van der Waals surface area contributed by atoms with Crippen LogP contribution in [0.1, 0.15) is 15.9 Å². The first-order valence-electron chi connectivity index (χ1n) is 6.98. The summed E-state index contributed by atoms with van der Waals surface area (Å²) < 4.78 is 26.3. The lowest BCUT2D eigenvalue weighted by atomic mass is 10.2. The molecule has 1 N–H and O–H groups in total. The summed E-state index contributed by atoms with van der Waals surface area (Å²) in [7, 11) is 1.57. The van der Waals surface area contributed by atoms with Gasteiger partial charge in [0.15, 0.2) is 0 Å². The van der Waals surface area contributed by atoms with E-state index in [1.54, 1.807) is 25.2 Å². The molecule has 0 fully saturated rings. The van der Waals surface area contributed by atoms with Crippen LogP contribution in [-0.4, -0.2) is 30.3 Å². The molecular formula is C17H16F2N2O2. The Balaban J connectivity index is 1.87. The minimum Gasteiger partial charge on any atom is -0.343 e. The average molecular weight is 318 g/mol. The van der Waals surface area contributed by atoms with Gasteiger partial charge in [-0.1, -0.05) is 24.3 Å². The van der Waals surface area contributed by atoms with Crippen LogP contribution in [0.15, 0.2) is 48.5 Å². The van der Waals surface area contributed by atoms with Crippen molar-refractivity contribution in [3.05, 3.63) is 71.3 Å². The second kappa shape index (κ2) is 7.49. The summed E-state index contributed by atoms with van der Waals surface area (Å²) in [4.78, 5) is 25.2. The fourth-order valence-corrected chi connectivity index (χ4v) is 1.98. The number of hydrogen-bond acceptors (Lipinski definition) is 2. The number of carbonyl (C=O) groups is 2. The van der Waals surface area contributed by atoms with Crippen molar-refractivity contribution in [2.45, 2.75) is 6.54 Å². The quantitative estimate of drug-likeness (QED) is 0.920. The maximum atomic E-state index is 13.5. The minimum absolute atomic E-state index is 0.110. The molecule has 0 aliphatic heterocycles. The number of likely N-dealkylation sites (N-methyl/N-ethyl adjacent to an activating group) is 1. The summed E-state index contributed by atoms with van der Waals surface area (Å²) in [5, 5.41) is 2.39. The van der Waals surface area contributed by atoms with Gasteiger partial charge >= 0.3 is 0 Å². The first-order valence-corrected chi connectivity index (χ1v) is 6.98. The summed E-state index contributed by atoms with van der Waals surface area (Å²) in [6.07, 6.45) is 0. The standard InChI is InChI=1S/C17H16F2N2O2/c1-21(11-12-6-8-13(18)9-7-12)16(22)10-20-17(23)14-4-2-3-5-15(14)19/h2-9H,10-11H2,1H3,(H,20,23). The highest BCUT2D eigenvalue weighted by atomic mass is 19.1. The Morgan fingerprint density at radius 2 is 1.70 bits per heavy atom. The molecular weight excluding hydrogens is 302 g/mol. The molecule has 0 aliphatic rings. The third kappa shape index (κ3) is 4.60. The molecule has 120 valence electrons. The smallest absolute Gasteiger partial charge is 0.254 e. The van der Waals surface area contributed by atoms with Gasteiger partial charge in [-0.15, -0.1) is 0 Å². The molecule has 2 amide bonds. The van der Waals surface area contributed by atoms with E-state index < -0.39 is 11.7 Å². The van der Waals surface area contributed by atoms with Gasteiger partial charge in [0.05, 0.1) is 12.1 Å². The van der Waals surface area contributed by atoms with Crippen molar-refractivity contribution in [1.29, 1.82) is 0 Å². The van der Waals surface area contributed by atoms with Gasteiger partial charge in [0.25, 0.3) is 5.91 Å². The second-order valence-electron chi connectivity index (χ2n) is 5.04. The Kier molecular flexibility index (Phi) is 5.41. The number of hydrogen-bond donors (Lipinski definition) is 1. The van der Waals surface area contributed by atoms with E-state index in [4.69, 9.17) is 0 Å². The maximum Gasteiger partial charge on any atom is 0.254 e. The van der Waals surface area contributed by atoms with E-state index in [0.29, 0.717) is 0 Å². The molecule has 0 saturated carbocycles. The van der Waals surface area contributed by atoms with Crippen LogP contribution in [0.25, 0.3) is 0 Å². The highest BCUT2D eigenvalue weighted by molar-refractivity contribution is 5.96. The molecule has 0 aromatic heterocycles. The summed E-state index contributed by atoms with van der Waals surface area (Å²) in [6.45, 7) is 0.0412. The van der Waals surface area contributed by atoms with Crippen molar-refractivity contribution in [2.75, 3.05) is 13.6 Å². The first kappa shape index (κ1) is 16.6. The maximum absolute atomic E-state index is 13.5. The fraction of sp³-hybridized carbons (Fsp3) is 0.176. The molecule has 2 rings (SSSR count). The Bertz CT molecular complexity index is 702. The highest BCUT2D eigenvalue weighted by Crippen LogP contribution is 2.07. The average Bonchev–Trinajstić information content (AvgIpc) is 2.54. The molecule has 0 radical (unpaired) electrons. The van der Waals surface area contributed by atoms with Crippen LogP contribution in [-0.2, 0) is 11.3 Å². The molecule has 0 saturated heterocycles. The number of benzene rings is 2. The van der Waals surface area contributed by atoms with Gasteiger partial charge in [0.2, 0.25) is 5.91 Å². The molecule has 0 atom stereocenters. The van der Waals surface area contributed by atoms with Crippen LogP contribution in [0, 0.1) is 11.6 Å². The number of nitrogens with zero attached hydrogens (tertiary/aromatic N) is 1. The predicted octanol–water partition coefficient (Wildman–Crippen LogP) is 2.35. The van der Waals surface area contributed by atoms with Crippen LogP contribution >= 0.6 is 0 Å². The van der Waals surface area contributed by atoms with E-state index >= 15 is 0 Å². The van der Waals surface area contributed by atoms with Gasteiger partial charge in [0, 0.05) is 13.6 Å². The SMILES string of the molecule is CN(Cc1ccc(F)cc1)C(=O)CNC(=O)c1ccccc1F. The molecule has 6 heteroatoms. The van der Waals surface area contributed by atoms with Crippen molar-refractivity contribution < 1.29 is 18.4 Å². The van der Waals surface area contributed by atoms with Crippen molar-refractivity contribution in [3.8, 4) is 0 Å². The Morgan fingerprint density at radius 3 is 2.35 bits per heavy atom. The van der Waals surface area contributed by atoms with Gasteiger partial charge in [-0.25, -0.2) is 8.78 Å². The lowest BCUT2D eigenvalue weighted by molar-refractivity contribution is -0.129. The number of nitrogens with one attached hydrogen (secondary N) is 1. The number of amides is 2. The Hall–Kier alpha value is -2.76. The van der Waals surface area contributed by atoms with E-state index in [0.717, 1.165) is 5.56 Å². The lowest BCUT2D eigenvalue weighted by Gasteiger charge is -2.17. The second-order valence-corrected chi connectivity index (χ2v) is 5.04. The van der Waals surface area contributed by atoms with Crippen molar-refractivity contribution in [1.82, 2.24) is 10.2 Å². The van der Waals surface area contributed by atoms with E-state index in [1.807, 2.05) is 0 Å². The summed E-state index contributed by atoms with van der Waals surface area (Å²) in [6, 6.07) is 11.3. The lowest BCUT2D eigenvalue weighted by Crippen LogP contribution is -2.38. The van der Waals surface area contributed by atoms with Crippen molar-refractivity contribution in [2.24, 2.45) is 0 Å². The minimum atomic E-state index is -0.647. The highest BCUT2D eigenvalue weighted by Gasteiger charge is 2.14. The van der Waals surface area contributed by atoms with Gasteiger partial charge in [-0.2, -0.15) is 0 Å². The Morgan fingerprint density at radius 1 is 1.04 bits per heavy atom.